The van der Waals surface area contributed by atoms with E-state index >= 15 is 0 Å². The number of carbonyl (C=O) groups is 1. The lowest BCUT2D eigenvalue weighted by Crippen LogP contribution is -2.38. The smallest absolute Gasteiger partial charge is 0.244 e. The summed E-state index contributed by atoms with van der Waals surface area (Å²) in [5.74, 6) is -0.227. The van der Waals surface area contributed by atoms with E-state index in [0.29, 0.717) is 13.1 Å². The second-order valence-electron chi connectivity index (χ2n) is 2.84. The zero-order chi connectivity index (χ0) is 11.1. The highest BCUT2D eigenvalue weighted by Gasteiger charge is 2.12. The summed E-state index contributed by atoms with van der Waals surface area (Å²) in [6.45, 7) is 0.639. The number of hydrogen-bond donors (Lipinski definition) is 1. The molecule has 0 aliphatic heterocycles. The van der Waals surface area contributed by atoms with E-state index in [4.69, 9.17) is 5.73 Å². The fourth-order valence-corrected chi connectivity index (χ4v) is 1.08. The fraction of sp³-hybridized carbons (Fsp3) is 0.500. The van der Waals surface area contributed by atoms with Gasteiger partial charge in [-0.15, -0.1) is 0 Å². The topological polar surface area (TPSA) is 94.1 Å². The minimum Gasteiger partial charge on any atom is -0.332 e. The Morgan fingerprint density at radius 2 is 2.40 bits per heavy atom. The lowest BCUT2D eigenvalue weighted by Gasteiger charge is -2.18. The molecule has 0 saturated carbocycles. The van der Waals surface area contributed by atoms with Crippen molar-refractivity contribution < 1.29 is 9.59 Å². The van der Waals surface area contributed by atoms with Gasteiger partial charge in [0.2, 0.25) is 12.2 Å². The Balaban J connectivity index is 2.52. The van der Waals surface area contributed by atoms with Crippen LogP contribution in [0.25, 0.3) is 0 Å². The van der Waals surface area contributed by atoms with Crippen LogP contribution in [0, 0.1) is 0 Å². The molecule has 7 heteroatoms. The van der Waals surface area contributed by atoms with Crippen molar-refractivity contribution in [3.05, 3.63) is 12.7 Å². The van der Waals surface area contributed by atoms with Crippen molar-refractivity contribution in [3.63, 3.8) is 0 Å². The van der Waals surface area contributed by atoms with Crippen LogP contribution in [0.15, 0.2) is 12.7 Å². The lowest BCUT2D eigenvalue weighted by molar-refractivity contribution is -0.131. The molecule has 0 aromatic carbocycles. The minimum absolute atomic E-state index is 0.0572. The molecule has 0 spiro atoms. The molecule has 0 bridgehead atoms. The second kappa shape index (κ2) is 5.86. The summed E-state index contributed by atoms with van der Waals surface area (Å²) in [4.78, 5) is 26.8. The Morgan fingerprint density at radius 3 is 2.93 bits per heavy atom. The molecule has 0 saturated heterocycles. The van der Waals surface area contributed by atoms with E-state index in [9.17, 15) is 9.59 Å². The summed E-state index contributed by atoms with van der Waals surface area (Å²) >= 11 is 0. The van der Waals surface area contributed by atoms with Crippen LogP contribution < -0.4 is 5.73 Å². The first-order chi connectivity index (χ1) is 7.27. The third kappa shape index (κ3) is 3.47. The van der Waals surface area contributed by atoms with Gasteiger partial charge in [-0.05, 0) is 0 Å². The van der Waals surface area contributed by atoms with Gasteiger partial charge in [-0.1, -0.05) is 0 Å². The molecule has 0 aliphatic rings. The molecule has 1 heterocycles. The minimum atomic E-state index is -0.227. The van der Waals surface area contributed by atoms with Crippen molar-refractivity contribution in [2.45, 2.75) is 6.54 Å². The van der Waals surface area contributed by atoms with Crippen molar-refractivity contribution in [1.29, 1.82) is 0 Å². The van der Waals surface area contributed by atoms with Crippen molar-refractivity contribution in [2.24, 2.45) is 5.73 Å². The average molecular weight is 210 g/mol. The number of aromatic nitrogens is 3. The summed E-state index contributed by atoms with van der Waals surface area (Å²) < 4.78 is 1.39. The van der Waals surface area contributed by atoms with Crippen molar-refractivity contribution >= 4 is 12.2 Å². The first-order valence-corrected chi connectivity index (χ1v) is 4.43. The first kappa shape index (κ1) is 11.3. The number of amides is 1. The van der Waals surface area contributed by atoms with Gasteiger partial charge in [0.15, 0.2) is 0 Å². The summed E-state index contributed by atoms with van der Waals surface area (Å²) in [6, 6.07) is 0. The van der Waals surface area contributed by atoms with Gasteiger partial charge in [-0.2, -0.15) is 5.10 Å². The SMILES string of the molecule is NCCN(C[C]=O)C(=O)Cn1cncn1. The Hall–Kier alpha value is -1.76. The molecule has 1 aromatic rings. The molecule has 1 amide bonds. The Kier molecular flexibility index (Phi) is 4.42. The average Bonchev–Trinajstić information content (AvgIpc) is 2.70. The third-order valence-electron chi connectivity index (χ3n) is 1.77. The van der Waals surface area contributed by atoms with E-state index in [2.05, 4.69) is 10.1 Å². The molecule has 1 aromatic heterocycles. The monoisotopic (exact) mass is 210 g/mol. The lowest BCUT2D eigenvalue weighted by atomic mass is 10.4. The van der Waals surface area contributed by atoms with E-state index in [1.54, 1.807) is 6.29 Å². The summed E-state index contributed by atoms with van der Waals surface area (Å²) in [5, 5.41) is 3.79. The number of nitrogens with two attached hydrogens (primary N) is 1. The number of nitrogens with zero attached hydrogens (tertiary/aromatic N) is 4. The normalized spacial score (nSPS) is 9.93. The maximum absolute atomic E-state index is 11.6. The Bertz CT molecular complexity index is 311. The summed E-state index contributed by atoms with van der Waals surface area (Å²) in [5.41, 5.74) is 5.31. The van der Waals surface area contributed by atoms with E-state index in [0.717, 1.165) is 0 Å². The molecule has 0 unspecified atom stereocenters. The molecular formula is C8H12N5O2. The molecular weight excluding hydrogens is 198 g/mol. The predicted octanol–water partition coefficient (Wildman–Crippen LogP) is -1.82. The van der Waals surface area contributed by atoms with Crippen molar-refractivity contribution in [2.75, 3.05) is 19.6 Å². The Morgan fingerprint density at radius 1 is 1.60 bits per heavy atom. The highest BCUT2D eigenvalue weighted by Crippen LogP contribution is 1.91. The van der Waals surface area contributed by atoms with E-state index in [1.165, 1.54) is 22.2 Å². The van der Waals surface area contributed by atoms with Crippen LogP contribution in [0.4, 0.5) is 0 Å². The quantitative estimate of drug-likeness (QED) is 0.596. The fourth-order valence-electron chi connectivity index (χ4n) is 1.08. The molecule has 81 valence electrons. The summed E-state index contributed by atoms with van der Waals surface area (Å²) in [7, 11) is 0. The largest absolute Gasteiger partial charge is 0.332 e. The van der Waals surface area contributed by atoms with Gasteiger partial charge < -0.3 is 10.6 Å². The number of carbonyl (C=O) groups excluding carboxylic acids is 2. The van der Waals surface area contributed by atoms with Gasteiger partial charge >= 0.3 is 0 Å². The van der Waals surface area contributed by atoms with Crippen LogP contribution in [0.1, 0.15) is 0 Å². The van der Waals surface area contributed by atoms with E-state index < -0.39 is 0 Å². The van der Waals surface area contributed by atoms with E-state index in [1.807, 2.05) is 0 Å². The molecule has 1 radical (unpaired) electrons. The second-order valence-corrected chi connectivity index (χ2v) is 2.84. The van der Waals surface area contributed by atoms with Gasteiger partial charge in [0.1, 0.15) is 19.2 Å². The molecule has 0 aliphatic carbocycles. The van der Waals surface area contributed by atoms with Gasteiger partial charge in [0, 0.05) is 13.1 Å². The van der Waals surface area contributed by atoms with Crippen LogP contribution >= 0.6 is 0 Å². The van der Waals surface area contributed by atoms with Gasteiger partial charge in [-0.3, -0.25) is 9.59 Å². The maximum atomic E-state index is 11.6. The molecule has 1 rings (SSSR count). The maximum Gasteiger partial charge on any atom is 0.244 e. The first-order valence-electron chi connectivity index (χ1n) is 4.43. The number of hydrogen-bond acceptors (Lipinski definition) is 5. The highest BCUT2D eigenvalue weighted by atomic mass is 16.2. The van der Waals surface area contributed by atoms with Gasteiger partial charge in [-0.25, -0.2) is 9.67 Å². The molecule has 0 fully saturated rings. The molecule has 0 atom stereocenters. The third-order valence-corrected chi connectivity index (χ3v) is 1.77. The molecule has 2 N–H and O–H groups in total. The van der Waals surface area contributed by atoms with Crippen LogP contribution in [0.3, 0.4) is 0 Å². The number of rotatable bonds is 6. The Labute approximate surface area is 86.9 Å². The van der Waals surface area contributed by atoms with Crippen LogP contribution in [0.2, 0.25) is 0 Å². The summed E-state index contributed by atoms with van der Waals surface area (Å²) in [6.07, 6.45) is 4.44. The van der Waals surface area contributed by atoms with Crippen LogP contribution in [0.5, 0.6) is 0 Å². The highest BCUT2D eigenvalue weighted by molar-refractivity contribution is 5.78. The van der Waals surface area contributed by atoms with Crippen molar-refractivity contribution in [1.82, 2.24) is 19.7 Å². The zero-order valence-electron chi connectivity index (χ0n) is 8.17. The van der Waals surface area contributed by atoms with Gasteiger partial charge in [0.25, 0.3) is 0 Å². The van der Waals surface area contributed by atoms with Crippen LogP contribution in [-0.2, 0) is 16.1 Å². The predicted molar refractivity (Wildman–Crippen MR) is 51.3 cm³/mol. The molecule has 15 heavy (non-hydrogen) atoms. The van der Waals surface area contributed by atoms with E-state index in [-0.39, 0.29) is 19.0 Å². The standard InChI is InChI=1S/C8H12N5O2/c9-1-2-12(3-4-14)8(15)5-13-7-10-6-11-13/h6-7H,1-3,5,9H2. The zero-order valence-corrected chi connectivity index (χ0v) is 8.17. The van der Waals surface area contributed by atoms with Crippen LogP contribution in [-0.4, -0.2) is 51.5 Å². The molecule has 7 nitrogen and oxygen atoms in total. The van der Waals surface area contributed by atoms with Gasteiger partial charge in [0.05, 0.1) is 6.54 Å². The van der Waals surface area contributed by atoms with Crippen molar-refractivity contribution in [3.8, 4) is 0 Å².